The maximum Gasteiger partial charge on any atom is 0.0508 e. The zero-order valence-electron chi connectivity index (χ0n) is 6.81. The molecule has 0 aromatic carbocycles. The lowest BCUT2D eigenvalue weighted by Crippen LogP contribution is -2.25. The standard InChI is InChI=1S/C10H14O/c1-2-10(5-6-10)9-4-3-7-11-8-9/h1,9H,3-8H2. The predicted molar refractivity (Wildman–Crippen MR) is 44.0 cm³/mol. The largest absolute Gasteiger partial charge is 0.381 e. The molecule has 2 fully saturated rings. The molecule has 1 aliphatic heterocycles. The number of terminal acetylenes is 1. The van der Waals surface area contributed by atoms with Crippen LogP contribution in [0, 0.1) is 23.7 Å². The molecule has 0 aromatic rings. The molecular weight excluding hydrogens is 136 g/mol. The van der Waals surface area contributed by atoms with Gasteiger partial charge in [0.05, 0.1) is 6.61 Å². The van der Waals surface area contributed by atoms with Crippen LogP contribution in [0.4, 0.5) is 0 Å². The van der Waals surface area contributed by atoms with Crippen molar-refractivity contribution in [2.75, 3.05) is 13.2 Å². The number of hydrogen-bond acceptors (Lipinski definition) is 1. The Morgan fingerprint density at radius 2 is 2.27 bits per heavy atom. The fourth-order valence-corrected chi connectivity index (χ4v) is 1.98. The van der Waals surface area contributed by atoms with E-state index in [9.17, 15) is 0 Å². The second-order valence-electron chi connectivity index (χ2n) is 3.71. The van der Waals surface area contributed by atoms with Gasteiger partial charge in [0.2, 0.25) is 0 Å². The molecule has 1 unspecified atom stereocenters. The Balaban J connectivity index is 1.99. The van der Waals surface area contributed by atoms with E-state index in [-0.39, 0.29) is 5.41 Å². The lowest BCUT2D eigenvalue weighted by molar-refractivity contribution is 0.0357. The maximum atomic E-state index is 5.49. The summed E-state index contributed by atoms with van der Waals surface area (Å²) in [5, 5.41) is 0. The Labute approximate surface area is 68.1 Å². The first kappa shape index (κ1) is 7.18. The molecule has 1 atom stereocenters. The Hall–Kier alpha value is -0.480. The van der Waals surface area contributed by atoms with Gasteiger partial charge in [-0.2, -0.15) is 0 Å². The van der Waals surface area contributed by atoms with Crippen LogP contribution in [-0.2, 0) is 4.74 Å². The van der Waals surface area contributed by atoms with Crippen molar-refractivity contribution in [2.45, 2.75) is 25.7 Å². The monoisotopic (exact) mass is 150 g/mol. The normalized spacial score (nSPS) is 34.3. The molecule has 1 saturated heterocycles. The Bertz CT molecular complexity index is 180. The molecule has 0 N–H and O–H groups in total. The molecule has 1 heteroatoms. The summed E-state index contributed by atoms with van der Waals surface area (Å²) < 4.78 is 5.41. The molecule has 0 radical (unpaired) electrons. The molecule has 60 valence electrons. The van der Waals surface area contributed by atoms with Crippen molar-refractivity contribution in [2.24, 2.45) is 11.3 Å². The minimum absolute atomic E-state index is 0.264. The van der Waals surface area contributed by atoms with Crippen LogP contribution in [-0.4, -0.2) is 13.2 Å². The Morgan fingerprint density at radius 3 is 2.73 bits per heavy atom. The topological polar surface area (TPSA) is 9.23 Å². The highest BCUT2D eigenvalue weighted by molar-refractivity contribution is 5.17. The minimum Gasteiger partial charge on any atom is -0.381 e. The third-order valence-electron chi connectivity index (χ3n) is 3.02. The second kappa shape index (κ2) is 2.53. The minimum atomic E-state index is 0.264. The van der Waals surface area contributed by atoms with E-state index in [0.29, 0.717) is 5.92 Å². The Kier molecular flexibility index (Phi) is 1.65. The number of rotatable bonds is 1. The van der Waals surface area contributed by atoms with Crippen molar-refractivity contribution >= 4 is 0 Å². The van der Waals surface area contributed by atoms with Crippen LogP contribution in [0.2, 0.25) is 0 Å². The second-order valence-corrected chi connectivity index (χ2v) is 3.71. The predicted octanol–water partition coefficient (Wildman–Crippen LogP) is 1.83. The van der Waals surface area contributed by atoms with Crippen LogP contribution in [0.15, 0.2) is 0 Å². The van der Waals surface area contributed by atoms with Crippen LogP contribution in [0.25, 0.3) is 0 Å². The van der Waals surface area contributed by atoms with E-state index in [1.807, 2.05) is 0 Å². The van der Waals surface area contributed by atoms with Crippen molar-refractivity contribution in [1.29, 1.82) is 0 Å². The molecule has 1 saturated carbocycles. The smallest absolute Gasteiger partial charge is 0.0508 e. The first-order valence-electron chi connectivity index (χ1n) is 4.43. The van der Waals surface area contributed by atoms with E-state index in [4.69, 9.17) is 11.2 Å². The third-order valence-corrected chi connectivity index (χ3v) is 3.02. The average molecular weight is 150 g/mol. The fourth-order valence-electron chi connectivity index (χ4n) is 1.98. The summed E-state index contributed by atoms with van der Waals surface area (Å²) in [7, 11) is 0. The van der Waals surface area contributed by atoms with E-state index in [2.05, 4.69) is 5.92 Å². The molecule has 2 rings (SSSR count). The maximum absolute atomic E-state index is 5.49. The summed E-state index contributed by atoms with van der Waals surface area (Å²) in [5.41, 5.74) is 0.264. The summed E-state index contributed by atoms with van der Waals surface area (Å²) >= 11 is 0. The van der Waals surface area contributed by atoms with Crippen molar-refractivity contribution < 1.29 is 4.74 Å². The first-order valence-corrected chi connectivity index (χ1v) is 4.43. The van der Waals surface area contributed by atoms with Gasteiger partial charge in [0.15, 0.2) is 0 Å². The van der Waals surface area contributed by atoms with Gasteiger partial charge in [-0.25, -0.2) is 0 Å². The lowest BCUT2D eigenvalue weighted by atomic mass is 9.85. The Morgan fingerprint density at radius 1 is 1.45 bits per heavy atom. The molecule has 0 bridgehead atoms. The highest BCUT2D eigenvalue weighted by Gasteiger charge is 2.48. The molecule has 1 heterocycles. The van der Waals surface area contributed by atoms with Crippen LogP contribution in [0.5, 0.6) is 0 Å². The van der Waals surface area contributed by atoms with Gasteiger partial charge in [-0.05, 0) is 31.6 Å². The van der Waals surface area contributed by atoms with Gasteiger partial charge in [-0.1, -0.05) is 5.92 Å². The molecule has 1 nitrogen and oxygen atoms in total. The van der Waals surface area contributed by atoms with Crippen LogP contribution >= 0.6 is 0 Å². The summed E-state index contributed by atoms with van der Waals surface area (Å²) in [5.74, 6) is 3.61. The molecular formula is C10H14O. The van der Waals surface area contributed by atoms with Gasteiger partial charge in [-0.15, -0.1) is 6.42 Å². The zero-order chi connectivity index (χ0) is 7.73. The highest BCUT2D eigenvalue weighted by atomic mass is 16.5. The lowest BCUT2D eigenvalue weighted by Gasteiger charge is -2.26. The van der Waals surface area contributed by atoms with E-state index in [1.165, 1.54) is 25.7 Å². The van der Waals surface area contributed by atoms with Crippen LogP contribution < -0.4 is 0 Å². The summed E-state index contributed by atoms with van der Waals surface area (Å²) in [6.45, 7) is 1.85. The molecule has 2 aliphatic rings. The molecule has 11 heavy (non-hydrogen) atoms. The van der Waals surface area contributed by atoms with Crippen molar-refractivity contribution in [3.63, 3.8) is 0 Å². The fraction of sp³-hybridized carbons (Fsp3) is 0.800. The molecule has 1 aliphatic carbocycles. The number of ether oxygens (including phenoxy) is 1. The van der Waals surface area contributed by atoms with E-state index >= 15 is 0 Å². The van der Waals surface area contributed by atoms with Crippen molar-refractivity contribution in [1.82, 2.24) is 0 Å². The van der Waals surface area contributed by atoms with Gasteiger partial charge < -0.3 is 4.74 Å². The quantitative estimate of drug-likeness (QED) is 0.518. The summed E-state index contributed by atoms with van der Waals surface area (Å²) in [6.07, 6.45) is 10.4. The van der Waals surface area contributed by atoms with Crippen LogP contribution in [0.1, 0.15) is 25.7 Å². The molecule has 0 spiro atoms. The van der Waals surface area contributed by atoms with Gasteiger partial charge in [0, 0.05) is 12.0 Å². The van der Waals surface area contributed by atoms with Crippen LogP contribution in [0.3, 0.4) is 0 Å². The first-order chi connectivity index (χ1) is 5.37. The zero-order valence-corrected chi connectivity index (χ0v) is 6.81. The molecule has 0 aromatic heterocycles. The van der Waals surface area contributed by atoms with Crippen molar-refractivity contribution in [3.05, 3.63) is 0 Å². The van der Waals surface area contributed by atoms with Gasteiger partial charge in [0.1, 0.15) is 0 Å². The van der Waals surface area contributed by atoms with E-state index in [0.717, 1.165) is 13.2 Å². The summed E-state index contributed by atoms with van der Waals surface area (Å²) in [6, 6.07) is 0. The third kappa shape index (κ3) is 1.16. The van der Waals surface area contributed by atoms with E-state index in [1.54, 1.807) is 0 Å². The SMILES string of the molecule is C#CC1(C2CCCOC2)CC1. The molecule has 0 amide bonds. The average Bonchev–Trinajstić information content (AvgIpc) is 2.86. The number of hydrogen-bond donors (Lipinski definition) is 0. The highest BCUT2D eigenvalue weighted by Crippen LogP contribution is 2.53. The van der Waals surface area contributed by atoms with Gasteiger partial charge in [0.25, 0.3) is 0 Å². The van der Waals surface area contributed by atoms with E-state index < -0.39 is 0 Å². The summed E-state index contributed by atoms with van der Waals surface area (Å²) in [4.78, 5) is 0. The van der Waals surface area contributed by atoms with Crippen molar-refractivity contribution in [3.8, 4) is 12.3 Å². The van der Waals surface area contributed by atoms with Gasteiger partial charge in [-0.3, -0.25) is 0 Å². The van der Waals surface area contributed by atoms with Gasteiger partial charge >= 0.3 is 0 Å².